The smallest absolute Gasteiger partial charge is 0.163 e. The van der Waals surface area contributed by atoms with E-state index in [-0.39, 0.29) is 12.1 Å². The molecular weight excluding hydrogens is 336 g/mol. The summed E-state index contributed by atoms with van der Waals surface area (Å²) in [5, 5.41) is 0. The highest BCUT2D eigenvalue weighted by atomic mass is 16.7. The highest BCUT2D eigenvalue weighted by Gasteiger charge is 2.35. The summed E-state index contributed by atoms with van der Waals surface area (Å²) in [5.74, 6) is 0.109. The summed E-state index contributed by atoms with van der Waals surface area (Å²) in [6, 6.07) is 0.0420. The van der Waals surface area contributed by atoms with Gasteiger partial charge in [-0.3, -0.25) is 4.99 Å². The number of rotatable bonds is 15. The zero-order valence-electron chi connectivity index (χ0n) is 18.6. The first-order valence-electron chi connectivity index (χ1n) is 11.6. The van der Waals surface area contributed by atoms with Crippen LogP contribution in [-0.2, 0) is 9.47 Å². The van der Waals surface area contributed by atoms with Gasteiger partial charge >= 0.3 is 0 Å². The van der Waals surface area contributed by atoms with Crippen LogP contribution in [0.1, 0.15) is 118 Å². The quantitative estimate of drug-likeness (QED) is 0.203. The highest BCUT2D eigenvalue weighted by Crippen LogP contribution is 2.27. The van der Waals surface area contributed by atoms with E-state index in [2.05, 4.69) is 11.9 Å². The molecule has 2 N–H and O–H groups in total. The average Bonchev–Trinajstić information content (AvgIpc) is 2.60. The van der Waals surface area contributed by atoms with Gasteiger partial charge in [0.25, 0.3) is 0 Å². The third-order valence-corrected chi connectivity index (χ3v) is 5.43. The second kappa shape index (κ2) is 14.4. The Hall–Kier alpha value is -0.610. The summed E-state index contributed by atoms with van der Waals surface area (Å²) in [4.78, 5) is 4.51. The Bertz CT molecular complexity index is 392. The van der Waals surface area contributed by atoms with E-state index in [9.17, 15) is 0 Å². The maximum atomic E-state index is 6.11. The van der Waals surface area contributed by atoms with Gasteiger partial charge in [-0.1, -0.05) is 90.4 Å². The monoisotopic (exact) mass is 382 g/mol. The van der Waals surface area contributed by atoms with Crippen molar-refractivity contribution in [1.29, 1.82) is 0 Å². The summed E-state index contributed by atoms with van der Waals surface area (Å²) >= 11 is 0. The second-order valence-electron chi connectivity index (χ2n) is 8.74. The van der Waals surface area contributed by atoms with E-state index in [1.54, 1.807) is 0 Å². The molecule has 0 aliphatic carbocycles. The number of amidine groups is 1. The Morgan fingerprint density at radius 1 is 0.889 bits per heavy atom. The molecule has 0 aromatic rings. The van der Waals surface area contributed by atoms with Gasteiger partial charge in [0, 0.05) is 0 Å². The molecule has 0 spiro atoms. The van der Waals surface area contributed by atoms with Gasteiger partial charge in [0.05, 0.1) is 18.5 Å². The standard InChI is InChI=1S/C23H46N2O2/c1-5-6-7-8-9-10-11-12-13-14-15-16-17-18-22-21(25-20(2)24)19-26-23(3,4)27-22/h21-22H,5-19H2,1-4H3,(H2,24,25)/t21-,22+/m1/s1. The van der Waals surface area contributed by atoms with Crippen molar-refractivity contribution in [2.24, 2.45) is 10.7 Å². The molecule has 0 saturated carbocycles. The topological polar surface area (TPSA) is 56.8 Å². The summed E-state index contributed by atoms with van der Waals surface area (Å²) < 4.78 is 11.9. The zero-order chi connectivity index (χ0) is 20.0. The van der Waals surface area contributed by atoms with Gasteiger partial charge in [0.2, 0.25) is 0 Å². The Morgan fingerprint density at radius 3 is 1.85 bits per heavy atom. The summed E-state index contributed by atoms with van der Waals surface area (Å²) in [6.07, 6.45) is 19.1. The Morgan fingerprint density at radius 2 is 1.37 bits per heavy atom. The van der Waals surface area contributed by atoms with Crippen LogP contribution < -0.4 is 5.73 Å². The molecule has 4 heteroatoms. The lowest BCUT2D eigenvalue weighted by Crippen LogP contribution is -2.48. The van der Waals surface area contributed by atoms with E-state index >= 15 is 0 Å². The lowest BCUT2D eigenvalue weighted by Gasteiger charge is -2.39. The van der Waals surface area contributed by atoms with Gasteiger partial charge in [-0.05, 0) is 27.2 Å². The van der Waals surface area contributed by atoms with E-state index in [0.29, 0.717) is 12.4 Å². The van der Waals surface area contributed by atoms with Crippen LogP contribution in [0.5, 0.6) is 0 Å². The third kappa shape index (κ3) is 12.5. The van der Waals surface area contributed by atoms with E-state index in [1.807, 2.05) is 20.8 Å². The van der Waals surface area contributed by atoms with Gasteiger partial charge < -0.3 is 15.2 Å². The molecule has 0 bridgehead atoms. The lowest BCUT2D eigenvalue weighted by atomic mass is 10.0. The first kappa shape index (κ1) is 24.4. The normalized spacial score (nSPS) is 22.9. The Kier molecular flexibility index (Phi) is 13.0. The second-order valence-corrected chi connectivity index (χ2v) is 8.74. The summed E-state index contributed by atoms with van der Waals surface area (Å²) in [6.45, 7) is 8.69. The van der Waals surface area contributed by atoms with Gasteiger partial charge in [-0.25, -0.2) is 0 Å². The molecule has 27 heavy (non-hydrogen) atoms. The maximum absolute atomic E-state index is 6.11. The fraction of sp³-hybridized carbons (Fsp3) is 0.957. The molecule has 1 rings (SSSR count). The van der Waals surface area contributed by atoms with Crippen LogP contribution in [0.2, 0.25) is 0 Å². The number of unbranched alkanes of at least 4 members (excludes halogenated alkanes) is 12. The lowest BCUT2D eigenvalue weighted by molar-refractivity contribution is -0.279. The molecule has 1 aliphatic heterocycles. The Balaban J connectivity index is 2.03. The number of aliphatic imine (C=N–C) groups is 1. The van der Waals surface area contributed by atoms with Crippen LogP contribution in [0, 0.1) is 0 Å². The third-order valence-electron chi connectivity index (χ3n) is 5.43. The molecule has 0 amide bonds. The van der Waals surface area contributed by atoms with Crippen molar-refractivity contribution in [2.45, 2.75) is 136 Å². The Labute approximate surface area is 168 Å². The predicted molar refractivity (Wildman–Crippen MR) is 116 cm³/mol. The van der Waals surface area contributed by atoms with Crippen molar-refractivity contribution in [3.05, 3.63) is 0 Å². The van der Waals surface area contributed by atoms with Crippen LogP contribution in [0.15, 0.2) is 4.99 Å². The largest absolute Gasteiger partial charge is 0.388 e. The first-order chi connectivity index (χ1) is 12.9. The minimum atomic E-state index is -0.504. The predicted octanol–water partition coefficient (Wildman–Crippen LogP) is 6.36. The number of ether oxygens (including phenoxy) is 2. The van der Waals surface area contributed by atoms with E-state index in [0.717, 1.165) is 6.42 Å². The van der Waals surface area contributed by atoms with Crippen LogP contribution in [-0.4, -0.2) is 30.4 Å². The van der Waals surface area contributed by atoms with Crippen molar-refractivity contribution in [3.8, 4) is 0 Å². The van der Waals surface area contributed by atoms with Gasteiger partial charge in [-0.2, -0.15) is 0 Å². The van der Waals surface area contributed by atoms with E-state index in [1.165, 1.54) is 83.5 Å². The minimum Gasteiger partial charge on any atom is -0.388 e. The molecular formula is C23H46N2O2. The van der Waals surface area contributed by atoms with Gasteiger partial charge in [0.15, 0.2) is 5.79 Å². The van der Waals surface area contributed by atoms with E-state index in [4.69, 9.17) is 15.2 Å². The van der Waals surface area contributed by atoms with Gasteiger partial charge in [0.1, 0.15) is 6.04 Å². The molecule has 1 aliphatic rings. The van der Waals surface area contributed by atoms with Crippen molar-refractivity contribution < 1.29 is 9.47 Å². The molecule has 0 aromatic heterocycles. The average molecular weight is 383 g/mol. The van der Waals surface area contributed by atoms with E-state index < -0.39 is 5.79 Å². The molecule has 0 aromatic carbocycles. The van der Waals surface area contributed by atoms with Crippen LogP contribution in [0.25, 0.3) is 0 Å². The number of hydrogen-bond donors (Lipinski definition) is 1. The van der Waals surface area contributed by atoms with Crippen LogP contribution in [0.3, 0.4) is 0 Å². The molecule has 2 atom stereocenters. The van der Waals surface area contributed by atoms with Crippen LogP contribution in [0.4, 0.5) is 0 Å². The maximum Gasteiger partial charge on any atom is 0.163 e. The first-order valence-corrected chi connectivity index (χ1v) is 11.6. The molecule has 0 unspecified atom stereocenters. The number of hydrogen-bond acceptors (Lipinski definition) is 3. The molecule has 4 nitrogen and oxygen atoms in total. The summed E-state index contributed by atoms with van der Waals surface area (Å²) in [7, 11) is 0. The van der Waals surface area contributed by atoms with Crippen molar-refractivity contribution in [1.82, 2.24) is 0 Å². The minimum absolute atomic E-state index is 0.0420. The molecule has 160 valence electrons. The number of nitrogens with two attached hydrogens (primary N) is 1. The van der Waals surface area contributed by atoms with Gasteiger partial charge in [-0.15, -0.1) is 0 Å². The molecule has 1 heterocycles. The van der Waals surface area contributed by atoms with Crippen molar-refractivity contribution >= 4 is 5.84 Å². The molecule has 1 fully saturated rings. The SMILES string of the molecule is CCCCCCCCCCCCCCC[C@@H]1OC(C)(C)OC[C@H]1N=C(C)N. The zero-order valence-corrected chi connectivity index (χ0v) is 18.6. The van der Waals surface area contributed by atoms with Crippen molar-refractivity contribution in [3.63, 3.8) is 0 Å². The van der Waals surface area contributed by atoms with Crippen LogP contribution >= 0.6 is 0 Å². The van der Waals surface area contributed by atoms with Crippen molar-refractivity contribution in [2.75, 3.05) is 6.61 Å². The molecule has 1 saturated heterocycles. The fourth-order valence-corrected chi connectivity index (χ4v) is 3.87. The summed E-state index contributed by atoms with van der Waals surface area (Å²) in [5.41, 5.74) is 5.77. The number of nitrogens with zero attached hydrogens (tertiary/aromatic N) is 1. The molecule has 0 radical (unpaired) electrons. The highest BCUT2D eigenvalue weighted by molar-refractivity contribution is 5.77. The fourth-order valence-electron chi connectivity index (χ4n) is 3.87.